The Kier molecular flexibility index (Phi) is 4.33. The molecule has 3 aliphatic carbocycles. The van der Waals surface area contributed by atoms with Crippen molar-refractivity contribution in [1.82, 2.24) is 0 Å². The van der Waals surface area contributed by atoms with Crippen molar-refractivity contribution in [3.8, 4) is 0 Å². The summed E-state index contributed by atoms with van der Waals surface area (Å²) in [7, 11) is 0. The van der Waals surface area contributed by atoms with Gasteiger partial charge in [-0.2, -0.15) is 0 Å². The average Bonchev–Trinajstić information content (AvgIpc) is 3.17. The summed E-state index contributed by atoms with van der Waals surface area (Å²) in [5.41, 5.74) is 4.13. The van der Waals surface area contributed by atoms with Crippen LogP contribution in [0.3, 0.4) is 0 Å². The summed E-state index contributed by atoms with van der Waals surface area (Å²) in [5, 5.41) is 0. The van der Waals surface area contributed by atoms with Gasteiger partial charge in [0.25, 0.3) is 0 Å². The molecule has 4 heteroatoms. The smallest absolute Gasteiger partial charge is 0.340 e. The molecule has 5 rings (SSSR count). The highest BCUT2D eigenvalue weighted by molar-refractivity contribution is 5.97. The number of fused-ring (bicyclic) bond motifs is 5. The van der Waals surface area contributed by atoms with Crippen LogP contribution in [0.15, 0.2) is 46.0 Å². The lowest BCUT2D eigenvalue weighted by Gasteiger charge is -2.56. The van der Waals surface area contributed by atoms with Crippen LogP contribution in [0.2, 0.25) is 0 Å². The van der Waals surface area contributed by atoms with E-state index in [-0.39, 0.29) is 11.9 Å². The van der Waals surface area contributed by atoms with E-state index >= 15 is 0 Å². The van der Waals surface area contributed by atoms with E-state index in [1.165, 1.54) is 5.57 Å². The van der Waals surface area contributed by atoms with Crippen molar-refractivity contribution in [3.63, 3.8) is 0 Å². The van der Waals surface area contributed by atoms with E-state index in [0.29, 0.717) is 23.7 Å². The lowest BCUT2D eigenvalue weighted by molar-refractivity contribution is -0.137. The fraction of sp³-hybridized carbons (Fsp3) is 0.583. The standard InChI is InChI=1S/C24H28O4/c1-3-5-7-19-14-10-9-13-15-11-18-16(20(8-6-4-2)27-23(18)25)12-17(15)21(13)22(14)24(26)28-19/h7-8,13,15,17,21H,3-6,9-12H2,1-2H3/t13-,15-,17-,21-/m1/s1. The van der Waals surface area contributed by atoms with E-state index in [1.54, 1.807) is 0 Å². The lowest BCUT2D eigenvalue weighted by Crippen LogP contribution is -2.51. The Hall–Kier alpha value is -2.10. The van der Waals surface area contributed by atoms with Crippen molar-refractivity contribution >= 4 is 11.9 Å². The first-order valence-corrected chi connectivity index (χ1v) is 10.9. The highest BCUT2D eigenvalue weighted by Crippen LogP contribution is 2.64. The Morgan fingerprint density at radius 2 is 1.46 bits per heavy atom. The molecule has 148 valence electrons. The second-order valence-corrected chi connectivity index (χ2v) is 8.81. The Balaban J connectivity index is 1.45. The van der Waals surface area contributed by atoms with Crippen molar-refractivity contribution in [2.24, 2.45) is 23.7 Å². The predicted molar refractivity (Wildman–Crippen MR) is 105 cm³/mol. The second-order valence-electron chi connectivity index (χ2n) is 8.81. The number of ether oxygens (including phenoxy) is 2. The third-order valence-corrected chi connectivity index (χ3v) is 7.36. The van der Waals surface area contributed by atoms with Gasteiger partial charge >= 0.3 is 11.9 Å². The molecule has 0 spiro atoms. The summed E-state index contributed by atoms with van der Waals surface area (Å²) in [6.45, 7) is 4.26. The number of carbonyl (C=O) groups is 2. The molecule has 0 amide bonds. The SMILES string of the molecule is CCCC=C1OC(=O)C2=C1C[C@@H]1[C@H](C2)[C@H]2CCC3=C(C(=O)OC3=CCCC)[C@H]21. The van der Waals surface area contributed by atoms with E-state index in [9.17, 15) is 9.59 Å². The van der Waals surface area contributed by atoms with Crippen LogP contribution in [0.25, 0.3) is 0 Å². The van der Waals surface area contributed by atoms with Crippen LogP contribution in [-0.4, -0.2) is 11.9 Å². The Morgan fingerprint density at radius 3 is 2.18 bits per heavy atom. The van der Waals surface area contributed by atoms with Gasteiger partial charge in [0.2, 0.25) is 0 Å². The van der Waals surface area contributed by atoms with Gasteiger partial charge in [-0.3, -0.25) is 0 Å². The van der Waals surface area contributed by atoms with Crippen LogP contribution in [0.1, 0.15) is 65.2 Å². The van der Waals surface area contributed by atoms with Gasteiger partial charge in [-0.15, -0.1) is 0 Å². The topological polar surface area (TPSA) is 52.6 Å². The third-order valence-electron chi connectivity index (χ3n) is 7.36. The highest BCUT2D eigenvalue weighted by atomic mass is 16.5. The van der Waals surface area contributed by atoms with Crippen molar-refractivity contribution in [2.45, 2.75) is 65.2 Å². The minimum Gasteiger partial charge on any atom is -0.423 e. The molecule has 0 bridgehead atoms. The van der Waals surface area contributed by atoms with Gasteiger partial charge in [-0.1, -0.05) is 26.7 Å². The second kappa shape index (κ2) is 6.75. The number of cyclic esters (lactones) is 2. The number of hydrogen-bond donors (Lipinski definition) is 0. The zero-order valence-electron chi connectivity index (χ0n) is 16.8. The molecule has 1 fully saturated rings. The number of unbranched alkanes of at least 4 members (excludes halogenated alkanes) is 2. The van der Waals surface area contributed by atoms with E-state index in [0.717, 1.165) is 79.6 Å². The minimum atomic E-state index is -0.139. The molecule has 28 heavy (non-hydrogen) atoms. The van der Waals surface area contributed by atoms with Crippen LogP contribution in [0, 0.1) is 23.7 Å². The quantitative estimate of drug-likeness (QED) is 0.635. The van der Waals surface area contributed by atoms with E-state index in [2.05, 4.69) is 26.0 Å². The van der Waals surface area contributed by atoms with E-state index in [1.807, 2.05) is 0 Å². The van der Waals surface area contributed by atoms with Crippen molar-refractivity contribution in [3.05, 3.63) is 46.0 Å². The fourth-order valence-corrected chi connectivity index (χ4v) is 6.08. The van der Waals surface area contributed by atoms with Gasteiger partial charge in [0.15, 0.2) is 0 Å². The molecule has 0 unspecified atom stereocenters. The molecule has 0 saturated heterocycles. The lowest BCUT2D eigenvalue weighted by atomic mass is 9.46. The molecule has 0 aromatic rings. The molecule has 5 aliphatic rings. The van der Waals surface area contributed by atoms with Gasteiger partial charge in [-0.25, -0.2) is 9.59 Å². The molecule has 2 heterocycles. The first-order chi connectivity index (χ1) is 13.6. The molecule has 1 saturated carbocycles. The average molecular weight is 380 g/mol. The van der Waals surface area contributed by atoms with Gasteiger partial charge in [0, 0.05) is 22.3 Å². The van der Waals surface area contributed by atoms with Gasteiger partial charge < -0.3 is 9.47 Å². The molecule has 4 nitrogen and oxygen atoms in total. The largest absolute Gasteiger partial charge is 0.423 e. The maximum Gasteiger partial charge on any atom is 0.340 e. The third kappa shape index (κ3) is 2.49. The maximum absolute atomic E-state index is 12.7. The monoisotopic (exact) mass is 380 g/mol. The van der Waals surface area contributed by atoms with Crippen LogP contribution in [0.4, 0.5) is 0 Å². The summed E-state index contributed by atoms with van der Waals surface area (Å²) in [4.78, 5) is 25.1. The number of rotatable bonds is 4. The number of hydrogen-bond acceptors (Lipinski definition) is 4. The highest BCUT2D eigenvalue weighted by Gasteiger charge is 2.59. The van der Waals surface area contributed by atoms with Crippen LogP contribution >= 0.6 is 0 Å². The van der Waals surface area contributed by atoms with Crippen LogP contribution in [-0.2, 0) is 19.1 Å². The number of allylic oxidation sites excluding steroid dienone is 4. The molecule has 2 aliphatic heterocycles. The zero-order chi connectivity index (χ0) is 19.4. The molecule has 0 N–H and O–H groups in total. The van der Waals surface area contributed by atoms with Crippen LogP contribution < -0.4 is 0 Å². The van der Waals surface area contributed by atoms with E-state index < -0.39 is 0 Å². The Morgan fingerprint density at radius 1 is 0.821 bits per heavy atom. The number of carbonyl (C=O) groups excluding carboxylic acids is 2. The Bertz CT molecular complexity index is 869. The molecule has 0 aromatic heterocycles. The van der Waals surface area contributed by atoms with Gasteiger partial charge in [-0.05, 0) is 74.3 Å². The molecular weight excluding hydrogens is 352 g/mol. The Labute approximate surface area is 166 Å². The number of esters is 2. The molecule has 0 aromatic carbocycles. The van der Waals surface area contributed by atoms with Gasteiger partial charge in [0.05, 0.1) is 0 Å². The summed E-state index contributed by atoms with van der Waals surface area (Å²) < 4.78 is 11.3. The van der Waals surface area contributed by atoms with Crippen molar-refractivity contribution < 1.29 is 19.1 Å². The van der Waals surface area contributed by atoms with Crippen LogP contribution in [0.5, 0.6) is 0 Å². The van der Waals surface area contributed by atoms with Gasteiger partial charge in [0.1, 0.15) is 11.5 Å². The summed E-state index contributed by atoms with van der Waals surface area (Å²) in [6, 6.07) is 0. The van der Waals surface area contributed by atoms with Crippen molar-refractivity contribution in [2.75, 3.05) is 0 Å². The predicted octanol–water partition coefficient (Wildman–Crippen LogP) is 5.13. The summed E-state index contributed by atoms with van der Waals surface area (Å²) in [6.07, 6.45) is 11.8. The van der Waals surface area contributed by atoms with Crippen molar-refractivity contribution in [1.29, 1.82) is 0 Å². The summed E-state index contributed by atoms with van der Waals surface area (Å²) >= 11 is 0. The zero-order valence-corrected chi connectivity index (χ0v) is 16.8. The normalized spacial score (nSPS) is 36.1. The first kappa shape index (κ1) is 18.0. The first-order valence-electron chi connectivity index (χ1n) is 10.9. The summed E-state index contributed by atoms with van der Waals surface area (Å²) in [5.74, 6) is 3.09. The molecule has 0 radical (unpaired) electrons. The minimum absolute atomic E-state index is 0.120. The fourth-order valence-electron chi connectivity index (χ4n) is 6.08. The van der Waals surface area contributed by atoms with E-state index in [4.69, 9.17) is 9.47 Å². The maximum atomic E-state index is 12.7. The molecule has 4 atom stereocenters. The molecular formula is C24H28O4.